The normalized spacial score (nSPS) is 26.0. The number of aliphatic hydroxyl groups is 1. The van der Waals surface area contributed by atoms with Crippen molar-refractivity contribution in [1.29, 1.82) is 0 Å². The monoisotopic (exact) mass is 335 g/mol. The molecule has 2 atom stereocenters. The molecule has 2 heterocycles. The van der Waals surface area contributed by atoms with Crippen LogP contribution in [0.1, 0.15) is 56.2 Å². The first-order chi connectivity index (χ1) is 11.5. The largest absolute Gasteiger partial charge is 0.392 e. The lowest BCUT2D eigenvalue weighted by molar-refractivity contribution is -0.207. The molecular weight excluding hydrogens is 306 g/mol. The van der Waals surface area contributed by atoms with Gasteiger partial charge in [0.1, 0.15) is 5.69 Å². The van der Waals surface area contributed by atoms with Crippen LogP contribution in [-0.4, -0.2) is 58.0 Å². The van der Waals surface area contributed by atoms with E-state index in [4.69, 9.17) is 4.74 Å². The number of hydrogen-bond acceptors (Lipinski definition) is 4. The summed E-state index contributed by atoms with van der Waals surface area (Å²) < 4.78 is 5.78. The molecule has 0 aromatic carbocycles. The Labute approximate surface area is 143 Å². The maximum atomic E-state index is 12.7. The number of likely N-dealkylation sites (tertiary alicyclic amines) is 1. The Morgan fingerprint density at radius 2 is 2.21 bits per heavy atom. The van der Waals surface area contributed by atoms with Gasteiger partial charge in [-0.1, -0.05) is 13.8 Å². The number of rotatable bonds is 5. The Morgan fingerprint density at radius 1 is 1.50 bits per heavy atom. The first-order valence-corrected chi connectivity index (χ1v) is 9.09. The maximum absolute atomic E-state index is 12.7. The molecule has 1 saturated heterocycles. The molecule has 1 aliphatic carbocycles. The van der Waals surface area contributed by atoms with Gasteiger partial charge in [0.05, 0.1) is 12.2 Å². The van der Waals surface area contributed by atoms with Crippen molar-refractivity contribution in [3.05, 3.63) is 17.5 Å². The number of nitrogens with zero attached hydrogens (tertiary/aromatic N) is 2. The number of amides is 1. The van der Waals surface area contributed by atoms with E-state index in [1.54, 1.807) is 0 Å². The summed E-state index contributed by atoms with van der Waals surface area (Å²) in [6.45, 7) is 8.27. The van der Waals surface area contributed by atoms with E-state index in [0.717, 1.165) is 31.4 Å². The standard InChI is InChI=1S/C18H29N3O3/c1-4-24-16-11-15(22)18(16)5-7-21(8-6-18)17(23)14-10-13(19-20-14)9-12(2)3/h10,12,15-16,22H,4-9,11H2,1-3H3,(H,19,20). The maximum Gasteiger partial charge on any atom is 0.274 e. The van der Waals surface area contributed by atoms with Crippen LogP contribution < -0.4 is 0 Å². The average molecular weight is 335 g/mol. The second kappa shape index (κ2) is 6.84. The first kappa shape index (κ1) is 17.4. The van der Waals surface area contributed by atoms with Crippen molar-refractivity contribution in [2.45, 2.75) is 58.7 Å². The number of aliphatic hydroxyl groups excluding tert-OH is 1. The number of carbonyl (C=O) groups excluding carboxylic acids is 1. The minimum Gasteiger partial charge on any atom is -0.392 e. The number of hydrogen-bond donors (Lipinski definition) is 2. The fraction of sp³-hybridized carbons (Fsp3) is 0.778. The van der Waals surface area contributed by atoms with Crippen molar-refractivity contribution in [3.63, 3.8) is 0 Å². The Hall–Kier alpha value is -1.40. The van der Waals surface area contributed by atoms with Gasteiger partial charge in [-0.15, -0.1) is 0 Å². The highest BCUT2D eigenvalue weighted by Gasteiger charge is 2.56. The number of piperidine rings is 1. The summed E-state index contributed by atoms with van der Waals surface area (Å²) in [6, 6.07) is 1.87. The third-order valence-corrected chi connectivity index (χ3v) is 5.57. The van der Waals surface area contributed by atoms with Gasteiger partial charge in [0.15, 0.2) is 0 Å². The van der Waals surface area contributed by atoms with Gasteiger partial charge in [-0.05, 0) is 38.2 Å². The van der Waals surface area contributed by atoms with E-state index in [9.17, 15) is 9.90 Å². The topological polar surface area (TPSA) is 78.5 Å². The molecule has 1 aromatic heterocycles. The van der Waals surface area contributed by atoms with Gasteiger partial charge in [-0.25, -0.2) is 0 Å². The lowest BCUT2D eigenvalue weighted by Crippen LogP contribution is -2.62. The van der Waals surface area contributed by atoms with Crippen LogP contribution >= 0.6 is 0 Å². The van der Waals surface area contributed by atoms with E-state index >= 15 is 0 Å². The van der Waals surface area contributed by atoms with E-state index in [1.165, 1.54) is 0 Å². The number of carbonyl (C=O) groups is 1. The molecule has 134 valence electrons. The fourth-order valence-corrected chi connectivity index (χ4v) is 4.12. The zero-order chi connectivity index (χ0) is 17.3. The van der Waals surface area contributed by atoms with Crippen LogP contribution in [0, 0.1) is 11.3 Å². The summed E-state index contributed by atoms with van der Waals surface area (Å²) in [6.07, 6.45) is 3.06. The van der Waals surface area contributed by atoms with Gasteiger partial charge >= 0.3 is 0 Å². The van der Waals surface area contributed by atoms with Crippen LogP contribution in [-0.2, 0) is 11.2 Å². The zero-order valence-corrected chi connectivity index (χ0v) is 14.9. The number of aromatic nitrogens is 2. The van der Waals surface area contributed by atoms with Crippen LogP contribution in [0.5, 0.6) is 0 Å². The molecule has 2 unspecified atom stereocenters. The summed E-state index contributed by atoms with van der Waals surface area (Å²) in [7, 11) is 0. The van der Waals surface area contributed by atoms with E-state index in [-0.39, 0.29) is 23.5 Å². The number of ether oxygens (including phenoxy) is 1. The molecule has 0 bridgehead atoms. The van der Waals surface area contributed by atoms with Crippen LogP contribution in [0.25, 0.3) is 0 Å². The first-order valence-electron chi connectivity index (χ1n) is 9.09. The third-order valence-electron chi connectivity index (χ3n) is 5.57. The highest BCUT2D eigenvalue weighted by atomic mass is 16.5. The minimum atomic E-state index is -0.297. The molecule has 2 N–H and O–H groups in total. The van der Waals surface area contributed by atoms with Gasteiger partial charge in [0, 0.05) is 37.2 Å². The molecule has 1 amide bonds. The second-order valence-corrected chi connectivity index (χ2v) is 7.60. The molecule has 1 aliphatic heterocycles. The Kier molecular flexibility index (Phi) is 4.97. The fourth-order valence-electron chi connectivity index (χ4n) is 4.12. The number of H-pyrrole nitrogens is 1. The highest BCUT2D eigenvalue weighted by molar-refractivity contribution is 5.92. The third kappa shape index (κ3) is 3.09. The summed E-state index contributed by atoms with van der Waals surface area (Å²) >= 11 is 0. The molecule has 1 saturated carbocycles. The molecule has 1 aromatic rings. The molecule has 24 heavy (non-hydrogen) atoms. The molecule has 0 radical (unpaired) electrons. The lowest BCUT2D eigenvalue weighted by atomic mass is 9.58. The van der Waals surface area contributed by atoms with E-state index in [0.29, 0.717) is 31.3 Å². The van der Waals surface area contributed by atoms with Crippen molar-refractivity contribution in [2.75, 3.05) is 19.7 Å². The summed E-state index contributed by atoms with van der Waals surface area (Å²) in [5, 5.41) is 17.4. The molecule has 2 fully saturated rings. The zero-order valence-electron chi connectivity index (χ0n) is 14.9. The summed E-state index contributed by atoms with van der Waals surface area (Å²) in [4.78, 5) is 14.5. The Balaban J connectivity index is 1.60. The van der Waals surface area contributed by atoms with Crippen molar-refractivity contribution >= 4 is 5.91 Å². The molecular formula is C18H29N3O3. The highest BCUT2D eigenvalue weighted by Crippen LogP contribution is 2.51. The Morgan fingerprint density at radius 3 is 2.79 bits per heavy atom. The van der Waals surface area contributed by atoms with Crippen molar-refractivity contribution < 1.29 is 14.6 Å². The minimum absolute atomic E-state index is 0.0159. The summed E-state index contributed by atoms with van der Waals surface area (Å²) in [5.74, 6) is 0.511. The van der Waals surface area contributed by atoms with Gasteiger partial charge in [-0.2, -0.15) is 5.10 Å². The average Bonchev–Trinajstić information content (AvgIpc) is 3.02. The van der Waals surface area contributed by atoms with Crippen LogP contribution in [0.2, 0.25) is 0 Å². The second-order valence-electron chi connectivity index (χ2n) is 7.60. The van der Waals surface area contributed by atoms with E-state index in [1.807, 2.05) is 17.9 Å². The molecule has 6 nitrogen and oxygen atoms in total. The number of aromatic amines is 1. The molecule has 6 heteroatoms. The van der Waals surface area contributed by atoms with Crippen molar-refractivity contribution in [1.82, 2.24) is 15.1 Å². The van der Waals surface area contributed by atoms with Gasteiger partial charge in [0.2, 0.25) is 0 Å². The predicted octanol–water partition coefficient (Wildman–Crippen LogP) is 2.00. The smallest absolute Gasteiger partial charge is 0.274 e. The SMILES string of the molecule is CCOC1CC(O)C12CCN(C(=O)c1cc(CC(C)C)[nH]n1)CC2. The van der Waals surface area contributed by atoms with Crippen molar-refractivity contribution in [2.24, 2.45) is 11.3 Å². The van der Waals surface area contributed by atoms with Gasteiger partial charge in [-0.3, -0.25) is 9.89 Å². The molecule has 1 spiro atoms. The lowest BCUT2D eigenvalue weighted by Gasteiger charge is -2.56. The van der Waals surface area contributed by atoms with Crippen LogP contribution in [0.4, 0.5) is 0 Å². The molecule has 3 rings (SSSR count). The van der Waals surface area contributed by atoms with Crippen LogP contribution in [0.15, 0.2) is 6.07 Å². The van der Waals surface area contributed by atoms with Crippen molar-refractivity contribution in [3.8, 4) is 0 Å². The van der Waals surface area contributed by atoms with E-state index in [2.05, 4.69) is 24.0 Å². The van der Waals surface area contributed by atoms with Gasteiger partial charge in [0.25, 0.3) is 5.91 Å². The summed E-state index contributed by atoms with van der Waals surface area (Å²) in [5.41, 5.74) is 1.35. The quantitative estimate of drug-likeness (QED) is 0.863. The Bertz CT molecular complexity index is 574. The number of nitrogens with one attached hydrogen (secondary N) is 1. The van der Waals surface area contributed by atoms with Crippen LogP contribution in [0.3, 0.4) is 0 Å². The predicted molar refractivity (Wildman–Crippen MR) is 90.7 cm³/mol. The molecule has 2 aliphatic rings. The van der Waals surface area contributed by atoms with E-state index < -0.39 is 0 Å². The van der Waals surface area contributed by atoms with Gasteiger partial charge < -0.3 is 14.7 Å².